The lowest BCUT2D eigenvalue weighted by atomic mass is 9.88. The predicted octanol–water partition coefficient (Wildman–Crippen LogP) is 10.6. The summed E-state index contributed by atoms with van der Waals surface area (Å²) >= 11 is 0. The second kappa shape index (κ2) is 9.96. The van der Waals surface area contributed by atoms with Gasteiger partial charge in [0.1, 0.15) is 17.2 Å². The number of aromatic nitrogens is 2. The number of aryl methyl sites for hydroxylation is 1. The van der Waals surface area contributed by atoms with Crippen molar-refractivity contribution in [2.24, 2.45) is 0 Å². The molecule has 0 unspecified atom stereocenters. The summed E-state index contributed by atoms with van der Waals surface area (Å²) in [7, 11) is 0. The number of nitrogens with zero attached hydrogens (tertiary/aromatic N) is 2. The molecule has 1 aliphatic carbocycles. The summed E-state index contributed by atoms with van der Waals surface area (Å²) < 4.78 is 8.85. The lowest BCUT2D eigenvalue weighted by Crippen LogP contribution is -2.01. The van der Waals surface area contributed by atoms with Crippen LogP contribution in [0.5, 0.6) is 0 Å². The molecule has 0 atom stereocenters. The van der Waals surface area contributed by atoms with Crippen LogP contribution in [0.4, 0.5) is 0 Å². The summed E-state index contributed by atoms with van der Waals surface area (Å²) in [4.78, 5) is 5.24. The van der Waals surface area contributed by atoms with Crippen LogP contribution in [0.1, 0.15) is 23.3 Å². The Labute approximate surface area is 255 Å². The van der Waals surface area contributed by atoms with E-state index in [-0.39, 0.29) is 0 Å². The largest absolute Gasteiger partial charge is 0.456 e. The van der Waals surface area contributed by atoms with E-state index in [9.17, 15) is 0 Å². The molecular formula is C41H28N2O. The minimum atomic E-state index is 0.918. The van der Waals surface area contributed by atoms with Crippen LogP contribution in [0, 0.1) is 0 Å². The summed E-state index contributed by atoms with van der Waals surface area (Å²) in [6, 6.07) is 49.4. The highest BCUT2D eigenvalue weighted by molar-refractivity contribution is 5.99. The van der Waals surface area contributed by atoms with Crippen LogP contribution in [-0.2, 0) is 6.42 Å². The highest BCUT2D eigenvalue weighted by atomic mass is 16.3. The van der Waals surface area contributed by atoms with Crippen LogP contribution in [0.3, 0.4) is 0 Å². The maximum atomic E-state index is 6.57. The fourth-order valence-electron chi connectivity index (χ4n) is 6.87. The fourth-order valence-corrected chi connectivity index (χ4v) is 6.87. The van der Waals surface area contributed by atoms with E-state index in [2.05, 4.69) is 144 Å². The van der Waals surface area contributed by atoms with E-state index in [1.165, 1.54) is 27.3 Å². The molecule has 44 heavy (non-hydrogen) atoms. The minimum Gasteiger partial charge on any atom is -0.456 e. The van der Waals surface area contributed by atoms with Crippen molar-refractivity contribution in [2.75, 3.05) is 0 Å². The molecule has 0 saturated carbocycles. The van der Waals surface area contributed by atoms with Crippen molar-refractivity contribution in [2.45, 2.75) is 12.8 Å². The van der Waals surface area contributed by atoms with Gasteiger partial charge in [-0.05, 0) is 88.8 Å². The Morgan fingerprint density at radius 2 is 1.34 bits per heavy atom. The summed E-state index contributed by atoms with van der Waals surface area (Å²) in [6.45, 7) is 0. The molecule has 8 aromatic rings. The van der Waals surface area contributed by atoms with E-state index >= 15 is 0 Å². The summed E-state index contributed by atoms with van der Waals surface area (Å²) in [6.07, 6.45) is 4.30. The Kier molecular flexibility index (Phi) is 5.63. The first-order valence-electron chi connectivity index (χ1n) is 15.2. The number of hydrogen-bond acceptors (Lipinski definition) is 2. The molecule has 2 aromatic heterocycles. The average molecular weight is 565 g/mol. The van der Waals surface area contributed by atoms with Gasteiger partial charge in [-0.1, -0.05) is 97.1 Å². The van der Waals surface area contributed by atoms with Crippen molar-refractivity contribution >= 4 is 38.3 Å². The zero-order valence-corrected chi connectivity index (χ0v) is 24.1. The third-order valence-electron chi connectivity index (χ3n) is 8.86. The second-order valence-electron chi connectivity index (χ2n) is 11.5. The van der Waals surface area contributed by atoms with Crippen molar-refractivity contribution in [3.8, 4) is 28.2 Å². The maximum absolute atomic E-state index is 6.57. The lowest BCUT2D eigenvalue weighted by molar-refractivity contribution is 0.591. The summed E-state index contributed by atoms with van der Waals surface area (Å²) in [5.74, 6) is 1.90. The molecule has 0 amide bonds. The highest BCUT2D eigenvalue weighted by Crippen LogP contribution is 2.42. The van der Waals surface area contributed by atoms with Gasteiger partial charge in [0.2, 0.25) is 0 Å². The third-order valence-corrected chi connectivity index (χ3v) is 8.86. The number of rotatable bonds is 4. The van der Waals surface area contributed by atoms with Gasteiger partial charge < -0.3 is 4.42 Å². The lowest BCUT2D eigenvalue weighted by Gasteiger charge is -2.17. The molecular weight excluding hydrogens is 536 g/mol. The van der Waals surface area contributed by atoms with Crippen LogP contribution in [-0.4, -0.2) is 9.55 Å². The Morgan fingerprint density at radius 1 is 0.614 bits per heavy atom. The van der Waals surface area contributed by atoms with Crippen molar-refractivity contribution in [1.29, 1.82) is 0 Å². The van der Waals surface area contributed by atoms with Crippen LogP contribution < -0.4 is 0 Å². The van der Waals surface area contributed by atoms with Crippen molar-refractivity contribution in [3.05, 3.63) is 162 Å². The molecule has 0 saturated heterocycles. The molecule has 0 fully saturated rings. The number of benzene rings is 6. The van der Waals surface area contributed by atoms with Crippen molar-refractivity contribution in [3.63, 3.8) is 0 Å². The van der Waals surface area contributed by atoms with Crippen LogP contribution in [0.25, 0.3) is 66.6 Å². The summed E-state index contributed by atoms with van der Waals surface area (Å²) in [5, 5.41) is 3.67. The SMILES string of the molecule is C1=C(c2cc(-c3cccc4ccccc34)cc(-c3nc4ccccc4n3-c3ccccc3)c2)c2oc3ccccc3c2CC1. The van der Waals surface area contributed by atoms with Gasteiger partial charge in [-0.25, -0.2) is 4.98 Å². The van der Waals surface area contributed by atoms with E-state index in [1.54, 1.807) is 0 Å². The zero-order chi connectivity index (χ0) is 29.0. The monoisotopic (exact) mass is 564 g/mol. The normalized spacial score (nSPS) is 13.0. The van der Waals surface area contributed by atoms with Gasteiger partial charge in [0, 0.05) is 27.8 Å². The highest BCUT2D eigenvalue weighted by Gasteiger charge is 2.24. The van der Waals surface area contributed by atoms with Gasteiger partial charge in [0.25, 0.3) is 0 Å². The quantitative estimate of drug-likeness (QED) is 0.213. The Bertz CT molecular complexity index is 2380. The first kappa shape index (κ1) is 24.9. The van der Waals surface area contributed by atoms with Crippen molar-refractivity contribution in [1.82, 2.24) is 9.55 Å². The Morgan fingerprint density at radius 3 is 2.27 bits per heavy atom. The molecule has 2 heterocycles. The van der Waals surface area contributed by atoms with E-state index in [1.807, 2.05) is 6.07 Å². The molecule has 0 radical (unpaired) electrons. The molecule has 0 bridgehead atoms. The van der Waals surface area contributed by atoms with Crippen LogP contribution in [0.2, 0.25) is 0 Å². The van der Waals surface area contributed by atoms with E-state index < -0.39 is 0 Å². The number of furan rings is 1. The molecule has 3 nitrogen and oxygen atoms in total. The van der Waals surface area contributed by atoms with E-state index in [4.69, 9.17) is 9.40 Å². The van der Waals surface area contributed by atoms with Crippen LogP contribution in [0.15, 0.2) is 150 Å². The molecule has 0 aliphatic heterocycles. The van der Waals surface area contributed by atoms with E-state index in [0.717, 1.165) is 69.0 Å². The molecule has 3 heteroatoms. The molecule has 208 valence electrons. The summed E-state index contributed by atoms with van der Waals surface area (Å²) in [5.41, 5.74) is 11.1. The van der Waals surface area contributed by atoms with Crippen molar-refractivity contribution < 1.29 is 4.42 Å². The predicted molar refractivity (Wildman–Crippen MR) is 181 cm³/mol. The Hall–Kier alpha value is -5.67. The number of para-hydroxylation sites is 4. The van der Waals surface area contributed by atoms with Gasteiger partial charge in [0.15, 0.2) is 0 Å². The second-order valence-corrected chi connectivity index (χ2v) is 11.5. The molecule has 0 spiro atoms. The minimum absolute atomic E-state index is 0.918. The van der Waals surface area contributed by atoms with Gasteiger partial charge in [-0.2, -0.15) is 0 Å². The topological polar surface area (TPSA) is 31.0 Å². The van der Waals surface area contributed by atoms with Crippen LogP contribution >= 0.6 is 0 Å². The fraction of sp³-hybridized carbons (Fsp3) is 0.0488. The smallest absolute Gasteiger partial charge is 0.145 e. The Balaban J connectivity index is 1.34. The molecule has 9 rings (SSSR count). The van der Waals surface area contributed by atoms with Gasteiger partial charge in [-0.15, -0.1) is 0 Å². The molecule has 1 aliphatic rings. The zero-order valence-electron chi connectivity index (χ0n) is 24.1. The maximum Gasteiger partial charge on any atom is 0.145 e. The van der Waals surface area contributed by atoms with E-state index in [0.29, 0.717) is 0 Å². The van der Waals surface area contributed by atoms with Gasteiger partial charge >= 0.3 is 0 Å². The first-order chi connectivity index (χ1) is 21.8. The van der Waals surface area contributed by atoms with Gasteiger partial charge in [0.05, 0.1) is 11.0 Å². The average Bonchev–Trinajstić information content (AvgIpc) is 3.67. The molecule has 6 aromatic carbocycles. The molecule has 0 N–H and O–H groups in total. The number of allylic oxidation sites excluding steroid dienone is 1. The van der Waals surface area contributed by atoms with Gasteiger partial charge in [-0.3, -0.25) is 4.57 Å². The number of fused-ring (bicyclic) bond motifs is 5. The standard InChI is InChI=1S/C41H28N2O/c1-2-14-31(15-3-1)43-38-22-8-7-21-37(38)42-41(43)30-25-28(33-18-10-13-27-12-4-5-16-32(27)33)24-29(26-30)34-19-11-20-36-35-17-6-9-23-39(35)44-40(34)36/h1-10,12-19,21-26H,11,20H2. The third kappa shape index (κ3) is 3.94. The number of hydrogen-bond donors (Lipinski definition) is 0. The number of imidazole rings is 1. The first-order valence-corrected chi connectivity index (χ1v) is 15.2.